The van der Waals surface area contributed by atoms with Gasteiger partial charge in [-0.1, -0.05) is 59.8 Å². The van der Waals surface area contributed by atoms with Gasteiger partial charge in [0.1, 0.15) is 0 Å². The highest BCUT2D eigenvalue weighted by atomic mass is 16.2. The van der Waals surface area contributed by atoms with Crippen LogP contribution in [0, 0.1) is 11.8 Å². The Balaban J connectivity index is 2.76. The van der Waals surface area contributed by atoms with Crippen LogP contribution in [0.3, 0.4) is 0 Å². The van der Waals surface area contributed by atoms with Gasteiger partial charge in [-0.3, -0.25) is 0 Å². The molecule has 4 unspecified atom stereocenters. The molecule has 0 radical (unpaired) electrons. The lowest BCUT2D eigenvalue weighted by atomic mass is 9.81. The Morgan fingerprint density at radius 3 is 2.29 bits per heavy atom. The predicted octanol–water partition coefficient (Wildman–Crippen LogP) is 4.40. The molecule has 4 atom stereocenters. The van der Waals surface area contributed by atoms with Crippen molar-refractivity contribution in [3.05, 3.63) is 0 Å². The number of hydrogen-bond donors (Lipinski definition) is 2. The summed E-state index contributed by atoms with van der Waals surface area (Å²) in [6.07, 6.45) is 8.69. The minimum atomic E-state index is 0.120. The second-order valence-corrected chi connectivity index (χ2v) is 7.57. The van der Waals surface area contributed by atoms with Gasteiger partial charge in [0.2, 0.25) is 0 Å². The summed E-state index contributed by atoms with van der Waals surface area (Å²) in [5, 5.41) is 6.90. The monoisotopic (exact) mass is 339 g/mol. The lowest BCUT2D eigenvalue weighted by molar-refractivity contribution is 0.173. The number of urea groups is 1. The summed E-state index contributed by atoms with van der Waals surface area (Å²) in [5.74, 6) is 1.26. The van der Waals surface area contributed by atoms with Crippen LogP contribution in [0.4, 0.5) is 4.79 Å². The van der Waals surface area contributed by atoms with Crippen molar-refractivity contribution < 1.29 is 4.79 Å². The molecular weight excluding hydrogens is 298 g/mol. The number of nitrogens with one attached hydrogen (secondary N) is 2. The maximum absolute atomic E-state index is 12.1. The van der Waals surface area contributed by atoms with Crippen LogP contribution in [-0.2, 0) is 0 Å². The molecule has 2 amide bonds. The van der Waals surface area contributed by atoms with E-state index in [1.807, 2.05) is 4.90 Å². The van der Waals surface area contributed by atoms with E-state index in [4.69, 9.17) is 0 Å². The van der Waals surface area contributed by atoms with E-state index in [1.54, 1.807) is 0 Å². The lowest BCUT2D eigenvalue weighted by Gasteiger charge is -2.36. The normalized spacial score (nSPS) is 21.6. The van der Waals surface area contributed by atoms with Crippen molar-refractivity contribution >= 4 is 6.03 Å². The van der Waals surface area contributed by atoms with E-state index in [2.05, 4.69) is 45.3 Å². The summed E-state index contributed by atoms with van der Waals surface area (Å²) in [6.45, 7) is 14.1. The summed E-state index contributed by atoms with van der Waals surface area (Å²) in [6, 6.07) is 0.931. The van der Waals surface area contributed by atoms with E-state index < -0.39 is 0 Å². The van der Waals surface area contributed by atoms with Crippen molar-refractivity contribution in [1.29, 1.82) is 0 Å². The van der Waals surface area contributed by atoms with E-state index >= 15 is 0 Å². The SMILES string of the molecule is CCCCNC(C(CC)CCCC)C(CC)CN1CC(C)NC1=O. The number of nitrogens with zero attached hydrogens (tertiary/aromatic N) is 1. The van der Waals surface area contributed by atoms with Gasteiger partial charge in [0.05, 0.1) is 0 Å². The van der Waals surface area contributed by atoms with Crippen molar-refractivity contribution in [1.82, 2.24) is 15.5 Å². The van der Waals surface area contributed by atoms with Crippen LogP contribution in [0.1, 0.15) is 79.6 Å². The van der Waals surface area contributed by atoms with Crippen LogP contribution in [0.15, 0.2) is 0 Å². The molecule has 1 rings (SSSR count). The number of carbonyl (C=O) groups is 1. The number of unbranched alkanes of at least 4 members (excludes halogenated alkanes) is 2. The third-order valence-electron chi connectivity index (χ3n) is 5.51. The first kappa shape index (κ1) is 21.3. The number of rotatable bonds is 13. The zero-order valence-electron chi connectivity index (χ0n) is 16.7. The van der Waals surface area contributed by atoms with E-state index in [1.165, 1.54) is 38.5 Å². The Bertz CT molecular complexity index is 348. The molecule has 1 heterocycles. The minimum Gasteiger partial charge on any atom is -0.334 e. The van der Waals surface area contributed by atoms with Crippen molar-refractivity contribution in [2.75, 3.05) is 19.6 Å². The molecular formula is C20H41N3O. The molecule has 4 nitrogen and oxygen atoms in total. The molecule has 0 bridgehead atoms. The average molecular weight is 340 g/mol. The first-order chi connectivity index (χ1) is 11.6. The van der Waals surface area contributed by atoms with E-state index in [0.29, 0.717) is 12.0 Å². The molecule has 0 saturated carbocycles. The highest BCUT2D eigenvalue weighted by Crippen LogP contribution is 2.26. The van der Waals surface area contributed by atoms with Gasteiger partial charge in [0.15, 0.2) is 0 Å². The predicted molar refractivity (Wildman–Crippen MR) is 103 cm³/mol. The molecule has 1 fully saturated rings. The molecule has 0 aromatic carbocycles. The highest BCUT2D eigenvalue weighted by molar-refractivity contribution is 5.76. The maximum atomic E-state index is 12.1. The molecule has 24 heavy (non-hydrogen) atoms. The zero-order valence-corrected chi connectivity index (χ0v) is 16.7. The maximum Gasteiger partial charge on any atom is 0.317 e. The molecule has 0 aromatic heterocycles. The van der Waals surface area contributed by atoms with Crippen LogP contribution in [0.5, 0.6) is 0 Å². The molecule has 0 aromatic rings. The summed E-state index contributed by atoms with van der Waals surface area (Å²) >= 11 is 0. The van der Waals surface area contributed by atoms with Crippen LogP contribution < -0.4 is 10.6 Å². The fourth-order valence-corrected chi connectivity index (χ4v) is 3.97. The van der Waals surface area contributed by atoms with Crippen molar-refractivity contribution in [3.8, 4) is 0 Å². The second-order valence-electron chi connectivity index (χ2n) is 7.57. The lowest BCUT2D eigenvalue weighted by Crippen LogP contribution is -2.47. The molecule has 0 spiro atoms. The van der Waals surface area contributed by atoms with Gasteiger partial charge in [-0.15, -0.1) is 0 Å². The minimum absolute atomic E-state index is 0.120. The number of amides is 2. The molecule has 1 aliphatic heterocycles. The highest BCUT2D eigenvalue weighted by Gasteiger charge is 2.32. The van der Waals surface area contributed by atoms with Gasteiger partial charge in [-0.2, -0.15) is 0 Å². The first-order valence-corrected chi connectivity index (χ1v) is 10.4. The smallest absolute Gasteiger partial charge is 0.317 e. The molecule has 1 aliphatic rings. The summed E-state index contributed by atoms with van der Waals surface area (Å²) in [5.41, 5.74) is 0. The Morgan fingerprint density at radius 2 is 1.79 bits per heavy atom. The molecule has 2 N–H and O–H groups in total. The summed E-state index contributed by atoms with van der Waals surface area (Å²) < 4.78 is 0. The van der Waals surface area contributed by atoms with Gasteiger partial charge in [0.25, 0.3) is 0 Å². The Labute approximate surface area is 150 Å². The van der Waals surface area contributed by atoms with Gasteiger partial charge in [0, 0.05) is 25.2 Å². The van der Waals surface area contributed by atoms with E-state index in [0.717, 1.165) is 32.0 Å². The van der Waals surface area contributed by atoms with Crippen LogP contribution >= 0.6 is 0 Å². The Hall–Kier alpha value is -0.770. The fourth-order valence-electron chi connectivity index (χ4n) is 3.97. The van der Waals surface area contributed by atoms with Gasteiger partial charge in [-0.05, 0) is 38.1 Å². The first-order valence-electron chi connectivity index (χ1n) is 10.4. The van der Waals surface area contributed by atoms with Crippen molar-refractivity contribution in [3.63, 3.8) is 0 Å². The van der Waals surface area contributed by atoms with Crippen molar-refractivity contribution in [2.24, 2.45) is 11.8 Å². The number of carbonyl (C=O) groups excluding carboxylic acids is 1. The Kier molecular flexibility index (Phi) is 10.4. The summed E-state index contributed by atoms with van der Waals surface area (Å²) in [4.78, 5) is 14.2. The number of hydrogen-bond acceptors (Lipinski definition) is 2. The Morgan fingerprint density at radius 1 is 1.12 bits per heavy atom. The summed E-state index contributed by atoms with van der Waals surface area (Å²) in [7, 11) is 0. The molecule has 142 valence electrons. The average Bonchev–Trinajstić information content (AvgIpc) is 2.89. The van der Waals surface area contributed by atoms with Gasteiger partial charge in [-0.25, -0.2) is 4.79 Å². The van der Waals surface area contributed by atoms with Crippen LogP contribution in [-0.4, -0.2) is 42.6 Å². The quantitative estimate of drug-likeness (QED) is 0.488. The largest absolute Gasteiger partial charge is 0.334 e. The van der Waals surface area contributed by atoms with Gasteiger partial charge >= 0.3 is 6.03 Å². The van der Waals surface area contributed by atoms with Gasteiger partial charge < -0.3 is 15.5 Å². The fraction of sp³-hybridized carbons (Fsp3) is 0.950. The van der Waals surface area contributed by atoms with E-state index in [9.17, 15) is 4.79 Å². The third-order valence-corrected chi connectivity index (χ3v) is 5.51. The second kappa shape index (κ2) is 11.7. The van der Waals surface area contributed by atoms with Crippen LogP contribution in [0.2, 0.25) is 0 Å². The van der Waals surface area contributed by atoms with Crippen LogP contribution in [0.25, 0.3) is 0 Å². The molecule has 1 saturated heterocycles. The van der Waals surface area contributed by atoms with Crippen molar-refractivity contribution in [2.45, 2.75) is 91.6 Å². The van der Waals surface area contributed by atoms with E-state index in [-0.39, 0.29) is 12.1 Å². The topological polar surface area (TPSA) is 44.4 Å². The molecule has 0 aliphatic carbocycles. The zero-order chi connectivity index (χ0) is 17.9. The molecule has 4 heteroatoms. The third kappa shape index (κ3) is 6.62. The standard InChI is InChI=1S/C20H41N3O/c1-6-10-12-17(8-3)19(21-13-11-7-2)18(9-4)15-23-14-16(5)22-20(23)24/h16-19,21H,6-15H2,1-5H3,(H,22,24).